The molecular weight excluding hydrogens is 554 g/mol. The molecule has 0 aliphatic carbocycles. The van der Waals surface area contributed by atoms with E-state index in [4.69, 9.17) is 9.62 Å². The van der Waals surface area contributed by atoms with E-state index in [0.29, 0.717) is 16.6 Å². The summed E-state index contributed by atoms with van der Waals surface area (Å²) in [5.74, 6) is 10.8. The molecule has 3 heterocycles. The van der Waals surface area contributed by atoms with Gasteiger partial charge in [-0.05, 0) is 55.4 Å². The molecule has 0 aromatic heterocycles. The maximum absolute atomic E-state index is 13.2. The van der Waals surface area contributed by atoms with Crippen LogP contribution in [0.4, 0.5) is 0 Å². The third-order valence-corrected chi connectivity index (χ3v) is 11.1. The van der Waals surface area contributed by atoms with E-state index < -0.39 is 54.0 Å². The molecule has 1 saturated heterocycles. The van der Waals surface area contributed by atoms with Crippen molar-refractivity contribution >= 4 is 43.1 Å². The SMILES string of the molecule is CC1(C)C#CC(C)(C)CS(=N)(=O)C1.CC1(C)C#CC(C)(C)CS(=O)(=NC(=O)CCC(=O)ON2C(=O)CCC2=O)C1. The van der Waals surface area contributed by atoms with Crippen LogP contribution in [0.5, 0.6) is 0 Å². The fourth-order valence-electron chi connectivity index (χ4n) is 4.53. The number of hydrogen-bond donors (Lipinski definition) is 1. The van der Waals surface area contributed by atoms with E-state index >= 15 is 0 Å². The Bertz CT molecular complexity index is 1370. The summed E-state index contributed by atoms with van der Waals surface area (Å²) in [6, 6.07) is 0. The normalized spacial score (nSPS) is 24.4. The van der Waals surface area contributed by atoms with E-state index in [1.807, 2.05) is 55.4 Å². The van der Waals surface area contributed by atoms with Gasteiger partial charge in [-0.1, -0.05) is 23.7 Å². The number of nitrogens with one attached hydrogen (secondary N) is 1. The minimum atomic E-state index is -2.85. The molecule has 0 spiro atoms. The Morgan fingerprint density at radius 1 is 0.775 bits per heavy atom. The van der Waals surface area contributed by atoms with Crippen LogP contribution in [-0.2, 0) is 43.5 Å². The minimum Gasteiger partial charge on any atom is -0.330 e. The van der Waals surface area contributed by atoms with Gasteiger partial charge in [0.15, 0.2) is 0 Å². The lowest BCUT2D eigenvalue weighted by Crippen LogP contribution is -2.32. The van der Waals surface area contributed by atoms with Crippen molar-refractivity contribution in [3.8, 4) is 23.7 Å². The molecule has 12 heteroatoms. The first-order valence-corrected chi connectivity index (χ1v) is 16.8. The molecule has 3 aliphatic rings. The molecule has 0 saturated carbocycles. The third kappa shape index (κ3) is 10.7. The first kappa shape index (κ1) is 33.5. The van der Waals surface area contributed by atoms with E-state index in [0.717, 1.165) is 0 Å². The smallest absolute Gasteiger partial charge is 0.330 e. The average Bonchev–Trinajstić information content (AvgIpc) is 2.96. The summed E-state index contributed by atoms with van der Waals surface area (Å²) in [4.78, 5) is 51.5. The molecule has 0 aromatic rings. The number of amides is 3. The number of rotatable bonds is 4. The second-order valence-electron chi connectivity index (χ2n) is 13.2. The Morgan fingerprint density at radius 3 is 1.55 bits per heavy atom. The van der Waals surface area contributed by atoms with Gasteiger partial charge in [-0.2, -0.15) is 4.36 Å². The Labute approximate surface area is 238 Å². The summed E-state index contributed by atoms with van der Waals surface area (Å²) < 4.78 is 36.7. The lowest BCUT2D eigenvalue weighted by Gasteiger charge is -2.21. The van der Waals surface area contributed by atoms with Crippen molar-refractivity contribution in [2.75, 3.05) is 23.0 Å². The molecule has 1 fully saturated rings. The Hall–Kier alpha value is -2.70. The Kier molecular flexibility index (Phi) is 9.76. The van der Waals surface area contributed by atoms with Gasteiger partial charge in [-0.3, -0.25) is 19.2 Å². The lowest BCUT2D eigenvalue weighted by molar-refractivity contribution is -0.197. The van der Waals surface area contributed by atoms with Crippen LogP contribution in [-0.4, -0.2) is 60.2 Å². The van der Waals surface area contributed by atoms with Crippen LogP contribution in [0, 0.1) is 50.1 Å². The van der Waals surface area contributed by atoms with Gasteiger partial charge in [0.2, 0.25) is 0 Å². The summed E-state index contributed by atoms with van der Waals surface area (Å²) in [5.41, 5.74) is -1.62. The van der Waals surface area contributed by atoms with Crippen LogP contribution < -0.4 is 0 Å². The zero-order chi connectivity index (χ0) is 30.8. The second kappa shape index (κ2) is 11.7. The van der Waals surface area contributed by atoms with E-state index in [9.17, 15) is 27.6 Å². The number of hydroxylamine groups is 2. The number of carbonyl (C=O) groups excluding carboxylic acids is 4. The van der Waals surface area contributed by atoms with Crippen LogP contribution >= 0.6 is 0 Å². The van der Waals surface area contributed by atoms with Crippen molar-refractivity contribution in [3.05, 3.63) is 0 Å². The summed E-state index contributed by atoms with van der Waals surface area (Å²) in [7, 11) is -5.31. The predicted molar refractivity (Wildman–Crippen MR) is 153 cm³/mol. The van der Waals surface area contributed by atoms with Gasteiger partial charge in [0, 0.05) is 73.7 Å². The van der Waals surface area contributed by atoms with Gasteiger partial charge in [0.1, 0.15) is 0 Å². The van der Waals surface area contributed by atoms with Crippen molar-refractivity contribution in [2.45, 2.75) is 81.1 Å². The molecule has 3 rings (SSSR count). The van der Waals surface area contributed by atoms with Gasteiger partial charge in [-0.15, -0.1) is 5.06 Å². The highest BCUT2D eigenvalue weighted by atomic mass is 32.2. The Morgan fingerprint density at radius 2 is 1.15 bits per heavy atom. The van der Waals surface area contributed by atoms with E-state index in [2.05, 4.69) is 28.0 Å². The highest BCUT2D eigenvalue weighted by Crippen LogP contribution is 2.29. The van der Waals surface area contributed by atoms with Crippen LogP contribution in [0.3, 0.4) is 0 Å². The monoisotopic (exact) mass is 595 g/mol. The van der Waals surface area contributed by atoms with Gasteiger partial charge < -0.3 is 4.84 Å². The average molecular weight is 596 g/mol. The summed E-state index contributed by atoms with van der Waals surface area (Å²) >= 11 is 0. The molecular formula is C28H41N3O7S2. The number of nitrogens with zero attached hydrogens (tertiary/aromatic N) is 2. The van der Waals surface area contributed by atoms with Gasteiger partial charge in [0.25, 0.3) is 17.7 Å². The largest absolute Gasteiger partial charge is 0.333 e. The topological polar surface area (TPSA) is 151 Å². The quantitative estimate of drug-likeness (QED) is 0.386. The van der Waals surface area contributed by atoms with E-state index in [-0.39, 0.29) is 48.0 Å². The number of imide groups is 1. The molecule has 0 unspecified atom stereocenters. The first-order valence-electron chi connectivity index (χ1n) is 13.1. The van der Waals surface area contributed by atoms with Crippen LogP contribution in [0.1, 0.15) is 81.1 Å². The molecule has 0 atom stereocenters. The highest BCUT2D eigenvalue weighted by molar-refractivity contribution is 7.94. The molecule has 0 bridgehead atoms. The molecule has 3 amide bonds. The zero-order valence-corrected chi connectivity index (χ0v) is 26.4. The summed E-state index contributed by atoms with van der Waals surface area (Å²) in [6.45, 7) is 15.2. The number of hydrogen-bond acceptors (Lipinski definition) is 8. The van der Waals surface area contributed by atoms with Crippen LogP contribution in [0.25, 0.3) is 0 Å². The number of carbonyl (C=O) groups is 4. The van der Waals surface area contributed by atoms with Crippen LogP contribution in [0.2, 0.25) is 0 Å². The molecule has 40 heavy (non-hydrogen) atoms. The van der Waals surface area contributed by atoms with Crippen molar-refractivity contribution in [2.24, 2.45) is 26.0 Å². The molecule has 1 N–H and O–H groups in total. The highest BCUT2D eigenvalue weighted by Gasteiger charge is 2.35. The maximum Gasteiger partial charge on any atom is 0.333 e. The predicted octanol–water partition coefficient (Wildman–Crippen LogP) is 3.54. The minimum absolute atomic E-state index is 0.00389. The van der Waals surface area contributed by atoms with Gasteiger partial charge in [0.05, 0.1) is 16.1 Å². The third-order valence-electron chi connectivity index (χ3n) is 5.85. The summed E-state index contributed by atoms with van der Waals surface area (Å²) in [6.07, 6.45) is -0.682. The molecule has 0 aromatic carbocycles. The van der Waals surface area contributed by atoms with Crippen molar-refractivity contribution in [1.82, 2.24) is 5.06 Å². The molecule has 0 radical (unpaired) electrons. The lowest BCUT2D eigenvalue weighted by atomic mass is 9.92. The first-order chi connectivity index (χ1) is 17.9. The van der Waals surface area contributed by atoms with Gasteiger partial charge in [-0.25, -0.2) is 13.2 Å². The van der Waals surface area contributed by atoms with Crippen molar-refractivity contribution < 1.29 is 32.4 Å². The standard InChI is InChI=1S/C18H24N2O6S.C10H17NOS/c1-17(2)9-10-18(3,4)12-27(25,11-17)19-13(21)5-8-16(24)26-20-14(22)6-7-15(20)23;1-9(2)5-6-10(3,4)8-13(11,12)7-9/h5-8,11-12H2,1-4H3;11H,7-8H2,1-4H3. The van der Waals surface area contributed by atoms with Crippen LogP contribution in [0.15, 0.2) is 4.36 Å². The zero-order valence-electron chi connectivity index (χ0n) is 24.7. The fourth-order valence-corrected chi connectivity index (χ4v) is 10.2. The molecule has 10 nitrogen and oxygen atoms in total. The Balaban J connectivity index is 0.000000360. The second-order valence-corrected chi connectivity index (χ2v) is 17.7. The maximum atomic E-state index is 13.2. The molecule has 222 valence electrons. The molecule has 3 aliphatic heterocycles. The van der Waals surface area contributed by atoms with E-state index in [1.54, 1.807) is 0 Å². The summed E-state index contributed by atoms with van der Waals surface area (Å²) in [5, 5.41) is 0.429. The van der Waals surface area contributed by atoms with Crippen molar-refractivity contribution in [3.63, 3.8) is 0 Å². The van der Waals surface area contributed by atoms with Crippen molar-refractivity contribution in [1.29, 1.82) is 4.78 Å². The van der Waals surface area contributed by atoms with E-state index in [1.165, 1.54) is 0 Å². The fraction of sp³-hybridized carbons (Fsp3) is 0.714. The van der Waals surface area contributed by atoms with Gasteiger partial charge >= 0.3 is 5.97 Å².